The summed E-state index contributed by atoms with van der Waals surface area (Å²) in [5.41, 5.74) is 6.13. The quantitative estimate of drug-likeness (QED) is 0.905. The van der Waals surface area contributed by atoms with Gasteiger partial charge in [0.25, 0.3) is 5.91 Å². The molecule has 3 N–H and O–H groups in total. The van der Waals surface area contributed by atoms with Crippen molar-refractivity contribution in [3.8, 4) is 11.3 Å². The number of aryl methyl sites for hydroxylation is 1. The summed E-state index contributed by atoms with van der Waals surface area (Å²) in [5.74, 6) is 0.985. The number of hydrogen-bond donors (Lipinski definition) is 2. The number of aliphatic hydroxyl groups is 1. The van der Waals surface area contributed by atoms with Gasteiger partial charge in [-0.2, -0.15) is 0 Å². The highest BCUT2D eigenvalue weighted by atomic mass is 16.3. The van der Waals surface area contributed by atoms with Gasteiger partial charge >= 0.3 is 0 Å². The Bertz CT molecular complexity index is 693. The normalized spacial score (nSPS) is 22.2. The van der Waals surface area contributed by atoms with Crippen LogP contribution in [0.3, 0.4) is 0 Å². The van der Waals surface area contributed by atoms with Crippen LogP contribution in [-0.4, -0.2) is 34.6 Å². The average Bonchev–Trinajstić information content (AvgIpc) is 2.96. The number of carbonyl (C=O) groups excluding carboxylic acids is 1. The monoisotopic (exact) mass is 314 g/mol. The van der Waals surface area contributed by atoms with Crippen molar-refractivity contribution in [1.82, 2.24) is 4.90 Å². The van der Waals surface area contributed by atoms with Gasteiger partial charge in [0, 0.05) is 12.1 Å². The number of nitrogens with zero attached hydrogens (tertiary/aromatic N) is 1. The fourth-order valence-electron chi connectivity index (χ4n) is 3.02. The highest BCUT2D eigenvalue weighted by Gasteiger charge is 2.38. The van der Waals surface area contributed by atoms with Crippen molar-refractivity contribution < 1.29 is 14.3 Å². The fraction of sp³-hybridized carbons (Fsp3) is 0.389. The van der Waals surface area contributed by atoms with Gasteiger partial charge in [0.15, 0.2) is 5.60 Å². The number of nitrogens with two attached hydrogens (primary N) is 1. The number of furan rings is 1. The van der Waals surface area contributed by atoms with E-state index in [1.807, 2.05) is 36.1 Å². The standard InChI is InChI=1S/C18H22N2O3/c1-13-3-5-14(6-4-13)16-8-7-15(23-16)11-20-10-2-9-18(22,12-20)17(19)21/h3-8,22H,2,9-12H2,1H3,(H2,19,21). The molecule has 0 spiro atoms. The van der Waals surface area contributed by atoms with E-state index in [0.717, 1.165) is 30.0 Å². The molecule has 1 aromatic carbocycles. The van der Waals surface area contributed by atoms with Crippen molar-refractivity contribution in [2.75, 3.05) is 13.1 Å². The van der Waals surface area contributed by atoms with E-state index in [1.54, 1.807) is 0 Å². The lowest BCUT2D eigenvalue weighted by Gasteiger charge is -2.36. The van der Waals surface area contributed by atoms with E-state index in [9.17, 15) is 9.90 Å². The first-order valence-corrected chi connectivity index (χ1v) is 7.87. The summed E-state index contributed by atoms with van der Waals surface area (Å²) >= 11 is 0. The van der Waals surface area contributed by atoms with Gasteiger partial charge in [0.2, 0.25) is 0 Å². The number of likely N-dealkylation sites (tertiary alicyclic amines) is 1. The Morgan fingerprint density at radius 3 is 2.74 bits per heavy atom. The van der Waals surface area contributed by atoms with Gasteiger partial charge in [0.1, 0.15) is 11.5 Å². The average molecular weight is 314 g/mol. The first kappa shape index (κ1) is 15.8. The van der Waals surface area contributed by atoms with Crippen LogP contribution >= 0.6 is 0 Å². The Hall–Kier alpha value is -2.11. The van der Waals surface area contributed by atoms with E-state index < -0.39 is 11.5 Å². The highest BCUT2D eigenvalue weighted by molar-refractivity contribution is 5.83. The Kier molecular flexibility index (Phi) is 4.24. The minimum absolute atomic E-state index is 0.253. The van der Waals surface area contributed by atoms with Gasteiger partial charge in [0.05, 0.1) is 6.54 Å². The van der Waals surface area contributed by atoms with Gasteiger partial charge in [-0.3, -0.25) is 9.69 Å². The molecule has 0 bridgehead atoms. The van der Waals surface area contributed by atoms with Crippen LogP contribution in [-0.2, 0) is 11.3 Å². The maximum atomic E-state index is 11.4. The predicted octanol–water partition coefficient (Wildman–Crippen LogP) is 2.07. The number of hydrogen-bond acceptors (Lipinski definition) is 4. The second kappa shape index (κ2) is 6.18. The zero-order chi connectivity index (χ0) is 16.4. The maximum Gasteiger partial charge on any atom is 0.250 e. The van der Waals surface area contributed by atoms with Crippen LogP contribution in [0.1, 0.15) is 24.2 Å². The molecule has 1 aliphatic heterocycles. The van der Waals surface area contributed by atoms with Gasteiger partial charge in [-0.1, -0.05) is 29.8 Å². The number of benzene rings is 1. The lowest BCUT2D eigenvalue weighted by atomic mass is 9.92. The number of carbonyl (C=O) groups is 1. The first-order valence-electron chi connectivity index (χ1n) is 7.87. The largest absolute Gasteiger partial charge is 0.460 e. The highest BCUT2D eigenvalue weighted by Crippen LogP contribution is 2.26. The Balaban J connectivity index is 1.69. The van der Waals surface area contributed by atoms with Crippen molar-refractivity contribution in [1.29, 1.82) is 0 Å². The third-order valence-electron chi connectivity index (χ3n) is 4.39. The maximum absolute atomic E-state index is 11.4. The fourth-order valence-corrected chi connectivity index (χ4v) is 3.02. The molecule has 3 rings (SSSR count). The third kappa shape index (κ3) is 3.46. The zero-order valence-electron chi connectivity index (χ0n) is 13.3. The summed E-state index contributed by atoms with van der Waals surface area (Å²) in [4.78, 5) is 13.4. The summed E-state index contributed by atoms with van der Waals surface area (Å²) in [6.07, 6.45) is 1.16. The molecule has 1 aromatic heterocycles. The SMILES string of the molecule is Cc1ccc(-c2ccc(CN3CCCC(O)(C(N)=O)C3)o2)cc1. The molecule has 0 saturated carbocycles. The summed E-state index contributed by atoms with van der Waals surface area (Å²) < 4.78 is 5.90. The Morgan fingerprint density at radius 2 is 2.04 bits per heavy atom. The second-order valence-corrected chi connectivity index (χ2v) is 6.34. The zero-order valence-corrected chi connectivity index (χ0v) is 13.3. The van der Waals surface area contributed by atoms with Crippen LogP contribution in [0.15, 0.2) is 40.8 Å². The molecule has 5 heteroatoms. The predicted molar refractivity (Wildman–Crippen MR) is 87.5 cm³/mol. The van der Waals surface area contributed by atoms with Crippen LogP contribution in [0.25, 0.3) is 11.3 Å². The minimum atomic E-state index is -1.43. The molecule has 1 amide bonds. The van der Waals surface area contributed by atoms with Crippen LogP contribution in [0.2, 0.25) is 0 Å². The van der Waals surface area contributed by atoms with Crippen LogP contribution in [0.4, 0.5) is 0 Å². The lowest BCUT2D eigenvalue weighted by molar-refractivity contribution is -0.142. The van der Waals surface area contributed by atoms with Crippen molar-refractivity contribution in [3.05, 3.63) is 47.7 Å². The molecule has 122 valence electrons. The molecule has 0 radical (unpaired) electrons. The molecule has 2 heterocycles. The van der Waals surface area contributed by atoms with E-state index >= 15 is 0 Å². The Labute approximate surface area is 135 Å². The second-order valence-electron chi connectivity index (χ2n) is 6.34. The molecule has 5 nitrogen and oxygen atoms in total. The van der Waals surface area contributed by atoms with E-state index in [4.69, 9.17) is 10.2 Å². The van der Waals surface area contributed by atoms with Crippen LogP contribution in [0.5, 0.6) is 0 Å². The molecule has 1 aliphatic rings. The van der Waals surface area contributed by atoms with Crippen LogP contribution in [0, 0.1) is 6.92 Å². The number of rotatable bonds is 4. The van der Waals surface area contributed by atoms with Crippen molar-refractivity contribution in [3.63, 3.8) is 0 Å². The van der Waals surface area contributed by atoms with Crippen LogP contribution < -0.4 is 5.73 Å². The molecule has 1 fully saturated rings. The molecule has 2 aromatic rings. The summed E-state index contributed by atoms with van der Waals surface area (Å²) in [5, 5.41) is 10.3. The third-order valence-corrected chi connectivity index (χ3v) is 4.39. The van der Waals surface area contributed by atoms with Crippen molar-refractivity contribution >= 4 is 5.91 Å². The van der Waals surface area contributed by atoms with E-state index in [0.29, 0.717) is 13.0 Å². The molecule has 23 heavy (non-hydrogen) atoms. The minimum Gasteiger partial charge on any atom is -0.460 e. The van der Waals surface area contributed by atoms with Gasteiger partial charge in [-0.25, -0.2) is 0 Å². The first-order chi connectivity index (χ1) is 11.0. The summed E-state index contributed by atoms with van der Waals surface area (Å²) in [6.45, 7) is 3.67. The van der Waals surface area contributed by atoms with E-state index in [1.165, 1.54) is 5.56 Å². The molecule has 1 atom stereocenters. The van der Waals surface area contributed by atoms with Crippen molar-refractivity contribution in [2.45, 2.75) is 31.9 Å². The number of amides is 1. The van der Waals surface area contributed by atoms with Crippen molar-refractivity contribution in [2.24, 2.45) is 5.73 Å². The van der Waals surface area contributed by atoms with Gasteiger partial charge < -0.3 is 15.3 Å². The number of primary amides is 1. The number of β-amino-alcohol motifs (C(OH)–C–C–N with tert-alkyl or cyclic N) is 1. The molecular weight excluding hydrogens is 292 g/mol. The summed E-state index contributed by atoms with van der Waals surface area (Å²) in [6, 6.07) is 12.1. The summed E-state index contributed by atoms with van der Waals surface area (Å²) in [7, 11) is 0. The molecule has 1 saturated heterocycles. The number of piperidine rings is 1. The smallest absolute Gasteiger partial charge is 0.250 e. The Morgan fingerprint density at radius 1 is 1.30 bits per heavy atom. The lowest BCUT2D eigenvalue weighted by Crippen LogP contribution is -2.55. The molecule has 1 unspecified atom stereocenters. The van der Waals surface area contributed by atoms with Gasteiger partial charge in [-0.05, 0) is 38.4 Å². The molecule has 0 aliphatic carbocycles. The topological polar surface area (TPSA) is 79.7 Å². The molecular formula is C18H22N2O3. The van der Waals surface area contributed by atoms with E-state index in [2.05, 4.69) is 12.1 Å². The van der Waals surface area contributed by atoms with E-state index in [-0.39, 0.29) is 6.54 Å². The van der Waals surface area contributed by atoms with Gasteiger partial charge in [-0.15, -0.1) is 0 Å².